The molecule has 0 aliphatic heterocycles. The third-order valence-electron chi connectivity index (χ3n) is 2.45. The SMILES string of the molecule is CCCNc1cc([N+](=O)[O-])cc(OC(C)CC)n1. The third kappa shape index (κ3) is 4.20. The second-order valence-corrected chi connectivity index (χ2v) is 4.07. The van der Waals surface area contributed by atoms with E-state index in [2.05, 4.69) is 10.3 Å². The average molecular weight is 253 g/mol. The molecular weight excluding hydrogens is 234 g/mol. The molecule has 0 aliphatic rings. The predicted octanol–water partition coefficient (Wildman–Crippen LogP) is 2.99. The van der Waals surface area contributed by atoms with Crippen LogP contribution in [0.25, 0.3) is 0 Å². The summed E-state index contributed by atoms with van der Waals surface area (Å²) in [4.78, 5) is 14.6. The van der Waals surface area contributed by atoms with Gasteiger partial charge in [-0.3, -0.25) is 10.1 Å². The van der Waals surface area contributed by atoms with Crippen molar-refractivity contribution in [2.75, 3.05) is 11.9 Å². The van der Waals surface area contributed by atoms with E-state index in [1.807, 2.05) is 20.8 Å². The highest BCUT2D eigenvalue weighted by Gasteiger charge is 2.13. The minimum atomic E-state index is -0.442. The van der Waals surface area contributed by atoms with Gasteiger partial charge in [-0.1, -0.05) is 13.8 Å². The second kappa shape index (κ2) is 6.78. The Morgan fingerprint density at radius 1 is 1.50 bits per heavy atom. The van der Waals surface area contributed by atoms with Crippen LogP contribution in [0.1, 0.15) is 33.6 Å². The Morgan fingerprint density at radius 3 is 2.78 bits per heavy atom. The number of hydrogen-bond donors (Lipinski definition) is 1. The van der Waals surface area contributed by atoms with Crippen LogP contribution in [0.2, 0.25) is 0 Å². The lowest BCUT2D eigenvalue weighted by molar-refractivity contribution is -0.384. The van der Waals surface area contributed by atoms with Gasteiger partial charge in [0.25, 0.3) is 5.69 Å². The Balaban J connectivity index is 2.94. The fourth-order valence-electron chi connectivity index (χ4n) is 1.29. The van der Waals surface area contributed by atoms with Crippen molar-refractivity contribution in [2.45, 2.75) is 39.7 Å². The van der Waals surface area contributed by atoms with E-state index in [1.54, 1.807) is 0 Å². The van der Waals surface area contributed by atoms with E-state index < -0.39 is 4.92 Å². The van der Waals surface area contributed by atoms with Gasteiger partial charge >= 0.3 is 0 Å². The number of anilines is 1. The van der Waals surface area contributed by atoms with Crippen LogP contribution < -0.4 is 10.1 Å². The van der Waals surface area contributed by atoms with Crippen molar-refractivity contribution in [2.24, 2.45) is 0 Å². The van der Waals surface area contributed by atoms with Gasteiger partial charge < -0.3 is 10.1 Å². The van der Waals surface area contributed by atoms with Crippen LogP contribution in [0, 0.1) is 10.1 Å². The Morgan fingerprint density at radius 2 is 2.22 bits per heavy atom. The van der Waals surface area contributed by atoms with Gasteiger partial charge in [0.1, 0.15) is 5.82 Å². The van der Waals surface area contributed by atoms with Crippen molar-refractivity contribution in [3.05, 3.63) is 22.2 Å². The van der Waals surface area contributed by atoms with Crippen molar-refractivity contribution in [3.63, 3.8) is 0 Å². The molecule has 0 aliphatic carbocycles. The predicted molar refractivity (Wildman–Crippen MR) is 70.1 cm³/mol. The molecule has 0 fully saturated rings. The van der Waals surface area contributed by atoms with Gasteiger partial charge in [-0.15, -0.1) is 0 Å². The van der Waals surface area contributed by atoms with Gasteiger partial charge in [-0.2, -0.15) is 4.98 Å². The zero-order chi connectivity index (χ0) is 13.5. The fourth-order valence-corrected chi connectivity index (χ4v) is 1.29. The summed E-state index contributed by atoms with van der Waals surface area (Å²) >= 11 is 0. The van der Waals surface area contributed by atoms with E-state index in [0.717, 1.165) is 19.4 Å². The highest BCUT2D eigenvalue weighted by atomic mass is 16.6. The maximum absolute atomic E-state index is 10.8. The standard InChI is InChI=1S/C12H19N3O3/c1-4-6-13-11-7-10(15(16)17)8-12(14-11)18-9(3)5-2/h7-9H,4-6H2,1-3H3,(H,13,14). The number of pyridine rings is 1. The molecule has 1 heterocycles. The van der Waals surface area contributed by atoms with Crippen LogP contribution in [-0.2, 0) is 0 Å². The van der Waals surface area contributed by atoms with Crippen molar-refractivity contribution >= 4 is 11.5 Å². The van der Waals surface area contributed by atoms with Gasteiger partial charge in [0.2, 0.25) is 5.88 Å². The van der Waals surface area contributed by atoms with E-state index in [0.29, 0.717) is 5.82 Å². The second-order valence-electron chi connectivity index (χ2n) is 4.07. The molecule has 1 atom stereocenters. The topological polar surface area (TPSA) is 77.3 Å². The summed E-state index contributed by atoms with van der Waals surface area (Å²) in [6.07, 6.45) is 1.73. The summed E-state index contributed by atoms with van der Waals surface area (Å²) in [5, 5.41) is 13.9. The molecule has 18 heavy (non-hydrogen) atoms. The zero-order valence-electron chi connectivity index (χ0n) is 11.0. The molecule has 0 amide bonds. The van der Waals surface area contributed by atoms with Crippen LogP contribution in [-0.4, -0.2) is 22.6 Å². The van der Waals surface area contributed by atoms with Crippen LogP contribution in [0.4, 0.5) is 11.5 Å². The largest absolute Gasteiger partial charge is 0.474 e. The Bertz CT molecular complexity index is 410. The number of rotatable bonds is 7. The normalized spacial score (nSPS) is 11.9. The monoisotopic (exact) mass is 253 g/mol. The number of aromatic nitrogens is 1. The summed E-state index contributed by atoms with van der Waals surface area (Å²) < 4.78 is 5.52. The summed E-state index contributed by atoms with van der Waals surface area (Å²) in [5.74, 6) is 0.765. The van der Waals surface area contributed by atoms with E-state index >= 15 is 0 Å². The first-order chi connectivity index (χ1) is 8.56. The molecule has 100 valence electrons. The van der Waals surface area contributed by atoms with Crippen molar-refractivity contribution in [1.82, 2.24) is 4.98 Å². The molecule has 1 aromatic heterocycles. The summed E-state index contributed by atoms with van der Waals surface area (Å²) in [5.41, 5.74) is -0.0121. The van der Waals surface area contributed by atoms with Crippen LogP contribution in [0.5, 0.6) is 5.88 Å². The van der Waals surface area contributed by atoms with Crippen molar-refractivity contribution in [3.8, 4) is 5.88 Å². The van der Waals surface area contributed by atoms with E-state index in [1.165, 1.54) is 12.1 Å². The number of nitrogens with zero attached hydrogens (tertiary/aromatic N) is 2. The molecule has 0 saturated heterocycles. The van der Waals surface area contributed by atoms with E-state index in [-0.39, 0.29) is 17.7 Å². The molecule has 1 rings (SSSR count). The number of ether oxygens (including phenoxy) is 1. The van der Waals surface area contributed by atoms with Gasteiger partial charge in [0.05, 0.1) is 23.2 Å². The first-order valence-corrected chi connectivity index (χ1v) is 6.13. The lowest BCUT2D eigenvalue weighted by Gasteiger charge is -2.12. The first kappa shape index (κ1) is 14.2. The molecule has 0 spiro atoms. The van der Waals surface area contributed by atoms with Crippen molar-refractivity contribution < 1.29 is 9.66 Å². The number of nitro groups is 1. The van der Waals surface area contributed by atoms with Crippen molar-refractivity contribution in [1.29, 1.82) is 0 Å². The summed E-state index contributed by atoms with van der Waals surface area (Å²) in [7, 11) is 0. The Labute approximate surface area is 107 Å². The van der Waals surface area contributed by atoms with Crippen LogP contribution in [0.15, 0.2) is 12.1 Å². The molecular formula is C12H19N3O3. The molecule has 1 aromatic rings. The summed E-state index contributed by atoms with van der Waals surface area (Å²) in [6, 6.07) is 2.77. The molecule has 6 nitrogen and oxygen atoms in total. The van der Waals surface area contributed by atoms with Gasteiger partial charge in [0, 0.05) is 6.54 Å². The van der Waals surface area contributed by atoms with Gasteiger partial charge in [0.15, 0.2) is 0 Å². The van der Waals surface area contributed by atoms with E-state index in [4.69, 9.17) is 4.74 Å². The minimum absolute atomic E-state index is 0.0121. The number of nitrogens with one attached hydrogen (secondary N) is 1. The molecule has 1 unspecified atom stereocenters. The first-order valence-electron chi connectivity index (χ1n) is 6.13. The molecule has 0 radical (unpaired) electrons. The van der Waals surface area contributed by atoms with Gasteiger partial charge in [-0.25, -0.2) is 0 Å². The van der Waals surface area contributed by atoms with Crippen LogP contribution >= 0.6 is 0 Å². The minimum Gasteiger partial charge on any atom is -0.474 e. The smallest absolute Gasteiger partial charge is 0.278 e. The molecule has 0 bridgehead atoms. The zero-order valence-corrected chi connectivity index (χ0v) is 11.0. The lowest BCUT2D eigenvalue weighted by Crippen LogP contribution is -2.12. The molecule has 0 saturated carbocycles. The average Bonchev–Trinajstić information content (AvgIpc) is 2.35. The maximum Gasteiger partial charge on any atom is 0.278 e. The highest BCUT2D eigenvalue weighted by molar-refractivity contribution is 5.48. The maximum atomic E-state index is 10.8. The quantitative estimate of drug-likeness (QED) is 0.597. The van der Waals surface area contributed by atoms with Gasteiger partial charge in [-0.05, 0) is 19.8 Å². The van der Waals surface area contributed by atoms with Crippen LogP contribution in [0.3, 0.4) is 0 Å². The molecule has 6 heteroatoms. The molecule has 1 N–H and O–H groups in total. The number of hydrogen-bond acceptors (Lipinski definition) is 5. The highest BCUT2D eigenvalue weighted by Crippen LogP contribution is 2.23. The van der Waals surface area contributed by atoms with E-state index in [9.17, 15) is 10.1 Å². The lowest BCUT2D eigenvalue weighted by atomic mass is 10.3. The summed E-state index contributed by atoms with van der Waals surface area (Å²) in [6.45, 7) is 6.62. The Kier molecular flexibility index (Phi) is 5.35. The third-order valence-corrected chi connectivity index (χ3v) is 2.45. The molecule has 0 aromatic carbocycles. The fraction of sp³-hybridized carbons (Fsp3) is 0.583. The Hall–Kier alpha value is -1.85.